The van der Waals surface area contributed by atoms with Gasteiger partial charge in [0.05, 0.1) is 5.75 Å². The number of thioether (sulfide) groups is 1. The normalized spacial score (nSPS) is 10.7. The quantitative estimate of drug-likeness (QED) is 0.680. The number of rotatable bonds is 5. The summed E-state index contributed by atoms with van der Waals surface area (Å²) in [6, 6.07) is 7.91. The fourth-order valence-corrected chi connectivity index (χ4v) is 3.53. The van der Waals surface area contributed by atoms with Crippen LogP contribution in [-0.2, 0) is 5.75 Å². The topological polar surface area (TPSA) is 102 Å². The third-order valence-electron chi connectivity index (χ3n) is 2.92. The van der Waals surface area contributed by atoms with Crippen molar-refractivity contribution in [1.82, 2.24) is 25.1 Å². The number of benzene rings is 1. The van der Waals surface area contributed by atoms with E-state index in [1.54, 1.807) is 11.3 Å². The van der Waals surface area contributed by atoms with E-state index in [1.807, 2.05) is 38.1 Å². The summed E-state index contributed by atoms with van der Waals surface area (Å²) in [6.07, 6.45) is 0. The molecule has 0 amide bonds. The fourth-order valence-electron chi connectivity index (χ4n) is 1.86. The molecule has 3 N–H and O–H groups in total. The van der Waals surface area contributed by atoms with Gasteiger partial charge in [-0.15, -0.1) is 10.2 Å². The van der Waals surface area contributed by atoms with Crippen LogP contribution in [-0.4, -0.2) is 25.1 Å². The zero-order valence-corrected chi connectivity index (χ0v) is 14.3. The van der Waals surface area contributed by atoms with Gasteiger partial charge in [0.2, 0.25) is 11.9 Å². The molecular formula is C14H15N7S2. The van der Waals surface area contributed by atoms with Crippen LogP contribution in [0.5, 0.6) is 0 Å². The van der Waals surface area contributed by atoms with Crippen LogP contribution in [0.15, 0.2) is 28.6 Å². The van der Waals surface area contributed by atoms with Crippen LogP contribution in [0.1, 0.15) is 16.4 Å². The summed E-state index contributed by atoms with van der Waals surface area (Å²) in [6.45, 7) is 3.94. The van der Waals surface area contributed by atoms with Gasteiger partial charge in [-0.2, -0.15) is 15.0 Å². The Bertz CT molecular complexity index is 818. The number of aryl methyl sites for hydroxylation is 2. The summed E-state index contributed by atoms with van der Waals surface area (Å²) in [4.78, 5) is 12.7. The molecule has 0 bridgehead atoms. The minimum Gasteiger partial charge on any atom is -0.368 e. The molecule has 7 nitrogen and oxygen atoms in total. The van der Waals surface area contributed by atoms with E-state index in [-0.39, 0.29) is 5.95 Å². The molecule has 0 radical (unpaired) electrons. The summed E-state index contributed by atoms with van der Waals surface area (Å²) >= 11 is 3.07. The summed E-state index contributed by atoms with van der Waals surface area (Å²) in [5, 5.41) is 12.2. The molecule has 1 aromatic carbocycles. The molecule has 0 aliphatic heterocycles. The van der Waals surface area contributed by atoms with Crippen molar-refractivity contribution in [2.75, 3.05) is 11.1 Å². The Kier molecular flexibility index (Phi) is 4.68. The van der Waals surface area contributed by atoms with Crippen LogP contribution in [0.3, 0.4) is 0 Å². The van der Waals surface area contributed by atoms with Crippen molar-refractivity contribution >= 4 is 40.7 Å². The van der Waals surface area contributed by atoms with Crippen molar-refractivity contribution in [1.29, 1.82) is 0 Å². The highest BCUT2D eigenvalue weighted by Gasteiger charge is 2.08. The lowest BCUT2D eigenvalue weighted by Gasteiger charge is -2.09. The second-order valence-electron chi connectivity index (χ2n) is 4.75. The average Bonchev–Trinajstić information content (AvgIpc) is 2.93. The summed E-state index contributed by atoms with van der Waals surface area (Å²) in [7, 11) is 0. The highest BCUT2D eigenvalue weighted by atomic mass is 32.2. The highest BCUT2D eigenvalue weighted by molar-refractivity contribution is 8.00. The van der Waals surface area contributed by atoms with Gasteiger partial charge in [0.15, 0.2) is 4.34 Å². The van der Waals surface area contributed by atoms with E-state index in [4.69, 9.17) is 5.73 Å². The van der Waals surface area contributed by atoms with E-state index < -0.39 is 0 Å². The van der Waals surface area contributed by atoms with Gasteiger partial charge in [0, 0.05) is 5.69 Å². The maximum Gasteiger partial charge on any atom is 0.232 e. The van der Waals surface area contributed by atoms with E-state index in [1.165, 1.54) is 11.8 Å². The first-order valence-corrected chi connectivity index (χ1v) is 8.66. The van der Waals surface area contributed by atoms with Gasteiger partial charge in [-0.05, 0) is 25.5 Å². The number of nitrogens with zero attached hydrogens (tertiary/aromatic N) is 5. The predicted molar refractivity (Wildman–Crippen MR) is 92.9 cm³/mol. The minimum atomic E-state index is 0.195. The van der Waals surface area contributed by atoms with E-state index >= 15 is 0 Å². The molecule has 118 valence electrons. The molecule has 0 saturated carbocycles. The maximum atomic E-state index is 5.79. The molecule has 0 atom stereocenters. The van der Waals surface area contributed by atoms with Gasteiger partial charge in [0.25, 0.3) is 0 Å². The number of para-hydroxylation sites is 1. The molecule has 0 aliphatic carbocycles. The Morgan fingerprint density at radius 2 is 1.96 bits per heavy atom. The first kappa shape index (κ1) is 15.6. The first-order chi connectivity index (χ1) is 11.1. The summed E-state index contributed by atoms with van der Waals surface area (Å²) in [5.41, 5.74) is 7.83. The van der Waals surface area contributed by atoms with Gasteiger partial charge in [-0.3, -0.25) is 0 Å². The first-order valence-electron chi connectivity index (χ1n) is 6.86. The Morgan fingerprint density at radius 3 is 2.70 bits per heavy atom. The van der Waals surface area contributed by atoms with E-state index in [9.17, 15) is 0 Å². The van der Waals surface area contributed by atoms with Crippen LogP contribution in [0.4, 0.5) is 17.6 Å². The second kappa shape index (κ2) is 6.88. The minimum absolute atomic E-state index is 0.195. The van der Waals surface area contributed by atoms with E-state index in [0.717, 1.165) is 20.6 Å². The van der Waals surface area contributed by atoms with E-state index in [2.05, 4.69) is 30.5 Å². The Labute approximate surface area is 141 Å². The lowest BCUT2D eigenvalue weighted by atomic mass is 10.2. The van der Waals surface area contributed by atoms with Crippen LogP contribution in [0.25, 0.3) is 0 Å². The molecule has 0 spiro atoms. The van der Waals surface area contributed by atoms with Gasteiger partial charge in [-0.25, -0.2) is 0 Å². The molecule has 23 heavy (non-hydrogen) atoms. The van der Waals surface area contributed by atoms with Gasteiger partial charge < -0.3 is 11.1 Å². The van der Waals surface area contributed by atoms with Gasteiger partial charge >= 0.3 is 0 Å². The van der Waals surface area contributed by atoms with Crippen molar-refractivity contribution in [3.63, 3.8) is 0 Å². The number of aromatic nitrogens is 5. The number of nitrogen functional groups attached to an aromatic ring is 1. The number of hydrogen-bond acceptors (Lipinski definition) is 9. The average molecular weight is 345 g/mol. The second-order valence-corrected chi connectivity index (χ2v) is 7.15. The van der Waals surface area contributed by atoms with Crippen molar-refractivity contribution in [2.45, 2.75) is 23.9 Å². The Balaban J connectivity index is 1.75. The smallest absolute Gasteiger partial charge is 0.232 e. The number of nitrogens with two attached hydrogens (primary N) is 1. The zero-order valence-electron chi connectivity index (χ0n) is 12.6. The molecule has 2 heterocycles. The molecule has 2 aromatic heterocycles. The fraction of sp³-hybridized carbons (Fsp3) is 0.214. The highest BCUT2D eigenvalue weighted by Crippen LogP contribution is 2.25. The largest absolute Gasteiger partial charge is 0.368 e. The van der Waals surface area contributed by atoms with Gasteiger partial charge in [-0.1, -0.05) is 41.3 Å². The van der Waals surface area contributed by atoms with Crippen LogP contribution < -0.4 is 11.1 Å². The van der Waals surface area contributed by atoms with Crippen molar-refractivity contribution in [2.24, 2.45) is 0 Å². The molecule has 0 saturated heterocycles. The number of hydrogen-bond donors (Lipinski definition) is 2. The monoisotopic (exact) mass is 345 g/mol. The lowest BCUT2D eigenvalue weighted by Crippen LogP contribution is -2.07. The van der Waals surface area contributed by atoms with Crippen molar-refractivity contribution in [3.8, 4) is 0 Å². The molecular weight excluding hydrogens is 330 g/mol. The standard InChI is InChI=1S/C14H15N7S2/c1-8-5-3-4-6-10(8)16-13-18-11(17-12(15)19-13)7-22-14-21-20-9(2)23-14/h3-6H,7H2,1-2H3,(H3,15,16,17,18,19). The maximum absolute atomic E-state index is 5.79. The summed E-state index contributed by atoms with van der Waals surface area (Å²) < 4.78 is 0.884. The van der Waals surface area contributed by atoms with Crippen LogP contribution >= 0.6 is 23.1 Å². The number of nitrogens with one attached hydrogen (secondary N) is 1. The molecule has 3 aromatic rings. The summed E-state index contributed by atoms with van der Waals surface area (Å²) in [5.74, 6) is 1.80. The molecule has 0 unspecified atom stereocenters. The van der Waals surface area contributed by atoms with Crippen LogP contribution in [0.2, 0.25) is 0 Å². The van der Waals surface area contributed by atoms with Crippen molar-refractivity contribution in [3.05, 3.63) is 40.7 Å². The van der Waals surface area contributed by atoms with Gasteiger partial charge in [0.1, 0.15) is 10.8 Å². The zero-order chi connectivity index (χ0) is 16.2. The number of anilines is 3. The molecule has 0 aliphatic rings. The molecule has 9 heteroatoms. The van der Waals surface area contributed by atoms with Crippen LogP contribution in [0, 0.1) is 13.8 Å². The third-order valence-corrected chi connectivity index (χ3v) is 4.89. The SMILES string of the molecule is Cc1nnc(SCc2nc(N)nc(Nc3ccccc3C)n2)s1. The Morgan fingerprint density at radius 1 is 1.13 bits per heavy atom. The molecule has 3 rings (SSSR count). The molecule has 0 fully saturated rings. The lowest BCUT2D eigenvalue weighted by molar-refractivity contribution is 0.967. The third kappa shape index (κ3) is 4.14. The van der Waals surface area contributed by atoms with E-state index in [0.29, 0.717) is 17.5 Å². The predicted octanol–water partition coefficient (Wildman–Crippen LogP) is 2.96. The van der Waals surface area contributed by atoms with Crippen molar-refractivity contribution < 1.29 is 0 Å². The Hall–Kier alpha value is -2.26.